The van der Waals surface area contributed by atoms with Crippen molar-refractivity contribution in [3.05, 3.63) is 12.2 Å². The van der Waals surface area contributed by atoms with Gasteiger partial charge in [-0.15, -0.1) is 0 Å². The Kier molecular flexibility index (Phi) is 2.83. The fourth-order valence-electron chi connectivity index (χ4n) is 3.67. The van der Waals surface area contributed by atoms with E-state index in [0.29, 0.717) is 25.4 Å². The van der Waals surface area contributed by atoms with Crippen molar-refractivity contribution in [3.63, 3.8) is 0 Å². The fourth-order valence-corrected chi connectivity index (χ4v) is 3.67. The summed E-state index contributed by atoms with van der Waals surface area (Å²) in [5.74, 6) is -0.249. The third-order valence-electron chi connectivity index (χ3n) is 4.55. The minimum Gasteiger partial charge on any atom is -0.346 e. The number of carbonyl (C=O) groups is 1. The smallest absolute Gasteiger partial charge is 0.181 e. The summed E-state index contributed by atoms with van der Waals surface area (Å²) in [5, 5.41) is 0. The number of allylic oxidation sites excluding steroid dienone is 2. The Morgan fingerprint density at radius 2 is 1.82 bits per heavy atom. The highest BCUT2D eigenvalue weighted by atomic mass is 16.7. The maximum Gasteiger partial charge on any atom is 0.181 e. The molecule has 1 heterocycles. The van der Waals surface area contributed by atoms with Crippen LogP contribution in [-0.4, -0.2) is 24.8 Å². The monoisotopic (exact) mass is 236 g/mol. The van der Waals surface area contributed by atoms with Crippen molar-refractivity contribution in [3.8, 4) is 0 Å². The van der Waals surface area contributed by atoms with E-state index in [1.807, 2.05) is 0 Å². The minimum atomic E-state index is -0.600. The summed E-state index contributed by atoms with van der Waals surface area (Å²) >= 11 is 0. The average molecular weight is 236 g/mol. The number of rotatable bonds is 0. The van der Waals surface area contributed by atoms with Gasteiger partial charge in [-0.1, -0.05) is 18.6 Å². The summed E-state index contributed by atoms with van der Waals surface area (Å²) in [5.41, 5.74) is -0.394. The van der Waals surface area contributed by atoms with E-state index in [2.05, 4.69) is 12.2 Å². The second kappa shape index (κ2) is 4.21. The van der Waals surface area contributed by atoms with Crippen LogP contribution >= 0.6 is 0 Å². The maximum absolute atomic E-state index is 12.6. The first-order valence-electron chi connectivity index (χ1n) is 6.75. The number of ketones is 1. The maximum atomic E-state index is 12.6. The molecule has 17 heavy (non-hydrogen) atoms. The van der Waals surface area contributed by atoms with Crippen LogP contribution in [0.4, 0.5) is 0 Å². The molecule has 0 radical (unpaired) electrons. The van der Waals surface area contributed by atoms with Crippen LogP contribution in [0.15, 0.2) is 12.2 Å². The van der Waals surface area contributed by atoms with Crippen molar-refractivity contribution in [1.29, 1.82) is 0 Å². The molecule has 0 aromatic heterocycles. The molecule has 0 bridgehead atoms. The van der Waals surface area contributed by atoms with E-state index in [4.69, 9.17) is 9.47 Å². The molecule has 0 amide bonds. The van der Waals surface area contributed by atoms with E-state index in [1.165, 1.54) is 0 Å². The summed E-state index contributed by atoms with van der Waals surface area (Å²) in [6, 6.07) is 0. The Labute approximate surface area is 102 Å². The SMILES string of the molecule is O=C1CCC=CCC12CCCCC21OCCO1. The molecule has 3 aliphatic rings. The quantitative estimate of drug-likeness (QED) is 0.606. The molecular weight excluding hydrogens is 216 g/mol. The predicted octanol–water partition coefficient (Wildman–Crippen LogP) is 2.60. The third kappa shape index (κ3) is 1.59. The first-order chi connectivity index (χ1) is 8.29. The molecule has 2 spiro atoms. The lowest BCUT2D eigenvalue weighted by Crippen LogP contribution is -2.55. The summed E-state index contributed by atoms with van der Waals surface area (Å²) < 4.78 is 11.8. The van der Waals surface area contributed by atoms with Crippen LogP contribution in [0.2, 0.25) is 0 Å². The van der Waals surface area contributed by atoms with Gasteiger partial charge in [-0.05, 0) is 25.7 Å². The lowest BCUT2D eigenvalue weighted by molar-refractivity contribution is -0.248. The van der Waals surface area contributed by atoms with E-state index in [1.54, 1.807) is 0 Å². The molecule has 1 saturated heterocycles. The Balaban J connectivity index is 2.00. The van der Waals surface area contributed by atoms with Gasteiger partial charge in [-0.25, -0.2) is 0 Å². The van der Waals surface area contributed by atoms with Crippen LogP contribution in [0, 0.1) is 5.41 Å². The molecule has 94 valence electrons. The van der Waals surface area contributed by atoms with Crippen LogP contribution in [0.1, 0.15) is 44.9 Å². The lowest BCUT2D eigenvalue weighted by Gasteiger charge is -2.48. The Bertz CT molecular complexity index is 341. The fraction of sp³-hybridized carbons (Fsp3) is 0.786. The van der Waals surface area contributed by atoms with Crippen molar-refractivity contribution >= 4 is 5.78 Å². The molecule has 2 fully saturated rings. The Morgan fingerprint density at radius 3 is 2.65 bits per heavy atom. The van der Waals surface area contributed by atoms with Crippen molar-refractivity contribution in [2.24, 2.45) is 5.41 Å². The second-order valence-corrected chi connectivity index (χ2v) is 5.38. The molecule has 3 rings (SSSR count). The average Bonchev–Trinajstić information content (AvgIpc) is 2.73. The molecule has 1 saturated carbocycles. The van der Waals surface area contributed by atoms with Crippen LogP contribution < -0.4 is 0 Å². The van der Waals surface area contributed by atoms with Gasteiger partial charge < -0.3 is 9.47 Å². The van der Waals surface area contributed by atoms with Gasteiger partial charge >= 0.3 is 0 Å². The standard InChI is InChI=1S/C14H20O3/c15-12-6-2-1-3-7-13(12)8-4-5-9-14(13)16-10-11-17-14/h1,3H,2,4-11H2. The zero-order valence-corrected chi connectivity index (χ0v) is 10.2. The zero-order chi connectivity index (χ0) is 11.8. The molecule has 2 aliphatic carbocycles. The number of carbonyl (C=O) groups excluding carboxylic acids is 1. The number of hydrogen-bond acceptors (Lipinski definition) is 3. The molecule has 3 nitrogen and oxygen atoms in total. The van der Waals surface area contributed by atoms with Gasteiger partial charge in [0.25, 0.3) is 0 Å². The molecule has 0 N–H and O–H groups in total. The molecule has 1 atom stereocenters. The number of fused-ring (bicyclic) bond motifs is 1. The highest BCUT2D eigenvalue weighted by Crippen LogP contribution is 2.53. The molecule has 0 aromatic carbocycles. The molecule has 3 heteroatoms. The van der Waals surface area contributed by atoms with Crippen molar-refractivity contribution in [2.45, 2.75) is 50.7 Å². The van der Waals surface area contributed by atoms with Crippen LogP contribution in [0.25, 0.3) is 0 Å². The summed E-state index contributed by atoms with van der Waals surface area (Å²) in [7, 11) is 0. The number of ether oxygens (including phenoxy) is 2. The van der Waals surface area contributed by atoms with E-state index in [0.717, 1.165) is 38.5 Å². The lowest BCUT2D eigenvalue weighted by atomic mass is 9.64. The summed E-state index contributed by atoms with van der Waals surface area (Å²) in [6.07, 6.45) is 10.6. The molecule has 0 aromatic rings. The van der Waals surface area contributed by atoms with Gasteiger partial charge in [0.15, 0.2) is 5.79 Å². The second-order valence-electron chi connectivity index (χ2n) is 5.38. The number of Topliss-reactive ketones (excluding diaryl/α,β-unsaturated/α-hetero) is 1. The van der Waals surface area contributed by atoms with E-state index >= 15 is 0 Å². The zero-order valence-electron chi connectivity index (χ0n) is 10.2. The third-order valence-corrected chi connectivity index (χ3v) is 4.55. The van der Waals surface area contributed by atoms with Crippen molar-refractivity contribution < 1.29 is 14.3 Å². The first kappa shape index (κ1) is 11.4. The van der Waals surface area contributed by atoms with Gasteiger partial charge in [0.1, 0.15) is 5.78 Å². The largest absolute Gasteiger partial charge is 0.346 e. The summed E-state index contributed by atoms with van der Waals surface area (Å²) in [4.78, 5) is 12.6. The van der Waals surface area contributed by atoms with E-state index < -0.39 is 11.2 Å². The van der Waals surface area contributed by atoms with Gasteiger partial charge in [-0.3, -0.25) is 4.79 Å². The van der Waals surface area contributed by atoms with Gasteiger partial charge in [0, 0.05) is 12.8 Å². The summed E-state index contributed by atoms with van der Waals surface area (Å²) in [6.45, 7) is 1.28. The number of hydrogen-bond donors (Lipinski definition) is 0. The van der Waals surface area contributed by atoms with Gasteiger partial charge in [0.2, 0.25) is 0 Å². The van der Waals surface area contributed by atoms with Gasteiger partial charge in [-0.2, -0.15) is 0 Å². The minimum absolute atomic E-state index is 0.351. The highest BCUT2D eigenvalue weighted by Gasteiger charge is 2.60. The Hall–Kier alpha value is -0.670. The van der Waals surface area contributed by atoms with Crippen LogP contribution in [0.3, 0.4) is 0 Å². The molecular formula is C14H20O3. The van der Waals surface area contributed by atoms with Crippen molar-refractivity contribution in [2.75, 3.05) is 13.2 Å². The molecule has 1 aliphatic heterocycles. The van der Waals surface area contributed by atoms with E-state index in [-0.39, 0.29) is 0 Å². The molecule has 1 unspecified atom stereocenters. The topological polar surface area (TPSA) is 35.5 Å². The highest BCUT2D eigenvalue weighted by molar-refractivity contribution is 5.86. The van der Waals surface area contributed by atoms with Crippen molar-refractivity contribution in [1.82, 2.24) is 0 Å². The van der Waals surface area contributed by atoms with Crippen LogP contribution in [-0.2, 0) is 14.3 Å². The first-order valence-corrected chi connectivity index (χ1v) is 6.75. The normalized spacial score (nSPS) is 36.6. The van der Waals surface area contributed by atoms with Crippen LogP contribution in [0.5, 0.6) is 0 Å². The predicted molar refractivity (Wildman–Crippen MR) is 63.5 cm³/mol. The van der Waals surface area contributed by atoms with Gasteiger partial charge in [0.05, 0.1) is 18.6 Å². The van der Waals surface area contributed by atoms with E-state index in [9.17, 15) is 4.79 Å². The Morgan fingerprint density at radius 1 is 1.06 bits per heavy atom.